The number of para-hydroxylation sites is 2. The van der Waals surface area contributed by atoms with Crippen LogP contribution in [0, 0.1) is 5.92 Å². The molecule has 0 saturated carbocycles. The molecule has 190 valence electrons. The zero-order valence-corrected chi connectivity index (χ0v) is 21.7. The average molecular weight is 493 g/mol. The Balaban J connectivity index is 1.32. The lowest BCUT2D eigenvalue weighted by Crippen LogP contribution is -2.32. The second-order valence-electron chi connectivity index (χ2n) is 9.70. The number of benzene rings is 3. The summed E-state index contributed by atoms with van der Waals surface area (Å²) in [6, 6.07) is 29.6. The van der Waals surface area contributed by atoms with E-state index >= 15 is 0 Å². The Morgan fingerprint density at radius 3 is 2.46 bits per heavy atom. The van der Waals surface area contributed by atoms with Crippen molar-refractivity contribution >= 4 is 27.6 Å². The number of fused-ring (bicyclic) bond motifs is 2. The average Bonchev–Trinajstić information content (AvgIpc) is 3.38. The highest BCUT2D eigenvalue weighted by Crippen LogP contribution is 2.29. The number of aromatic amines is 1. The molecule has 3 aromatic carbocycles. The Bertz CT molecular complexity index is 1430. The van der Waals surface area contributed by atoms with E-state index in [9.17, 15) is 0 Å². The number of hydrogen-bond donors (Lipinski definition) is 3. The first kappa shape index (κ1) is 24.8. The molecule has 0 spiro atoms. The topological polar surface area (TPSA) is 62.0 Å². The summed E-state index contributed by atoms with van der Waals surface area (Å²) in [5, 5.41) is 9.85. The lowest BCUT2D eigenvalue weighted by atomic mass is 9.96. The van der Waals surface area contributed by atoms with Crippen molar-refractivity contribution in [2.24, 2.45) is 5.92 Å². The van der Waals surface area contributed by atoms with Crippen LogP contribution in [0.1, 0.15) is 36.9 Å². The molecule has 0 aliphatic rings. The van der Waals surface area contributed by atoms with E-state index in [0.29, 0.717) is 5.92 Å². The van der Waals surface area contributed by atoms with Crippen molar-refractivity contribution in [3.63, 3.8) is 0 Å². The molecule has 5 nitrogen and oxygen atoms in total. The van der Waals surface area contributed by atoms with Gasteiger partial charge in [0.05, 0.1) is 12.6 Å². The highest BCUT2D eigenvalue weighted by Gasteiger charge is 2.19. The number of pyridine rings is 1. The Kier molecular flexibility index (Phi) is 8.02. The van der Waals surface area contributed by atoms with Crippen LogP contribution in [0.4, 0.5) is 5.82 Å². The van der Waals surface area contributed by atoms with Crippen molar-refractivity contribution < 1.29 is 4.74 Å². The summed E-state index contributed by atoms with van der Waals surface area (Å²) >= 11 is 0. The number of H-pyrrole nitrogens is 1. The zero-order chi connectivity index (χ0) is 25.5. The minimum absolute atomic E-state index is 0.219. The van der Waals surface area contributed by atoms with E-state index in [1.807, 2.05) is 30.3 Å². The number of rotatable bonds is 12. The molecule has 0 bridgehead atoms. The van der Waals surface area contributed by atoms with Crippen LogP contribution in [0.5, 0.6) is 5.75 Å². The van der Waals surface area contributed by atoms with E-state index in [0.717, 1.165) is 54.8 Å². The predicted molar refractivity (Wildman–Crippen MR) is 154 cm³/mol. The fraction of sp³-hybridized carbons (Fsp3) is 0.281. The van der Waals surface area contributed by atoms with E-state index in [4.69, 9.17) is 9.72 Å². The summed E-state index contributed by atoms with van der Waals surface area (Å²) in [7, 11) is 1.72. The molecule has 0 saturated heterocycles. The van der Waals surface area contributed by atoms with Crippen LogP contribution in [0.15, 0.2) is 91.1 Å². The predicted octanol–water partition coefficient (Wildman–Crippen LogP) is 7.13. The lowest BCUT2D eigenvalue weighted by molar-refractivity contribution is 0.416. The fourth-order valence-electron chi connectivity index (χ4n) is 5.17. The van der Waals surface area contributed by atoms with Gasteiger partial charge in [-0.2, -0.15) is 0 Å². The first-order chi connectivity index (χ1) is 18.2. The molecule has 1 unspecified atom stereocenters. The van der Waals surface area contributed by atoms with Crippen LogP contribution in [-0.2, 0) is 6.42 Å². The van der Waals surface area contributed by atoms with Crippen molar-refractivity contribution in [1.29, 1.82) is 0 Å². The first-order valence-corrected chi connectivity index (χ1v) is 13.3. The number of nitrogens with one attached hydrogen (secondary N) is 3. The van der Waals surface area contributed by atoms with Gasteiger partial charge in [-0.05, 0) is 48.1 Å². The number of hydrogen-bond acceptors (Lipinski definition) is 4. The summed E-state index contributed by atoms with van der Waals surface area (Å²) < 4.78 is 5.64. The second-order valence-corrected chi connectivity index (χ2v) is 9.70. The van der Waals surface area contributed by atoms with Gasteiger partial charge in [0.2, 0.25) is 0 Å². The van der Waals surface area contributed by atoms with Crippen molar-refractivity contribution in [1.82, 2.24) is 15.3 Å². The molecular formula is C32H36N4O. The Morgan fingerprint density at radius 2 is 1.65 bits per heavy atom. The fourth-order valence-corrected chi connectivity index (χ4v) is 5.17. The summed E-state index contributed by atoms with van der Waals surface area (Å²) in [6.45, 7) is 4.02. The van der Waals surface area contributed by atoms with E-state index in [1.165, 1.54) is 22.0 Å². The smallest absolute Gasteiger partial charge is 0.131 e. The van der Waals surface area contributed by atoms with Gasteiger partial charge in [-0.1, -0.05) is 74.0 Å². The summed E-state index contributed by atoms with van der Waals surface area (Å²) in [5.41, 5.74) is 4.78. The largest absolute Gasteiger partial charge is 0.496 e. The van der Waals surface area contributed by atoms with Gasteiger partial charge < -0.3 is 20.4 Å². The van der Waals surface area contributed by atoms with E-state index in [1.54, 1.807) is 7.11 Å². The van der Waals surface area contributed by atoms with Gasteiger partial charge in [-0.15, -0.1) is 0 Å². The number of ether oxygens (including phenoxy) is 1. The van der Waals surface area contributed by atoms with Gasteiger partial charge in [-0.25, -0.2) is 4.98 Å². The van der Waals surface area contributed by atoms with Crippen LogP contribution in [-0.4, -0.2) is 30.2 Å². The molecule has 2 atom stereocenters. The van der Waals surface area contributed by atoms with Crippen LogP contribution < -0.4 is 15.4 Å². The number of methoxy groups -OCH3 is 1. The summed E-state index contributed by atoms with van der Waals surface area (Å²) in [5.74, 6) is 2.17. The maximum atomic E-state index is 5.64. The highest BCUT2D eigenvalue weighted by atomic mass is 16.5. The van der Waals surface area contributed by atoms with Crippen molar-refractivity contribution in [3.05, 3.63) is 102 Å². The third kappa shape index (κ3) is 5.95. The Hall–Kier alpha value is -3.83. The molecule has 2 heterocycles. The highest BCUT2D eigenvalue weighted by molar-refractivity contribution is 5.87. The van der Waals surface area contributed by atoms with Gasteiger partial charge in [0.25, 0.3) is 0 Å². The normalized spacial score (nSPS) is 13.0. The van der Waals surface area contributed by atoms with Crippen molar-refractivity contribution in [2.45, 2.75) is 32.2 Å². The van der Waals surface area contributed by atoms with Crippen molar-refractivity contribution in [3.8, 4) is 5.75 Å². The van der Waals surface area contributed by atoms with Crippen LogP contribution in [0.25, 0.3) is 21.8 Å². The minimum atomic E-state index is 0.219. The maximum Gasteiger partial charge on any atom is 0.131 e. The summed E-state index contributed by atoms with van der Waals surface area (Å²) in [4.78, 5) is 8.29. The zero-order valence-electron chi connectivity index (χ0n) is 21.7. The molecule has 5 heteroatoms. The van der Waals surface area contributed by atoms with Gasteiger partial charge in [0, 0.05) is 47.7 Å². The maximum absolute atomic E-state index is 5.64. The molecular weight excluding hydrogens is 456 g/mol. The SMILES string of the molecule is CCCC(CNc1cc(OC)c2ccccc2n1)CN[C@H](Cc1ccccc1)c1c[nH]c2ccccc12. The standard InChI is InChI=1S/C32H36N4O/c1-3-11-24(21-35-32-19-31(37-2)26-15-8-10-17-29(26)36-32)20-33-30(18-23-12-5-4-6-13-23)27-22-34-28-16-9-7-14-25(27)28/h4-10,12-17,19,22,24,30,33-34H,3,11,18,20-21H2,1-2H3,(H,35,36)/t24?,30-/m1/s1. The molecule has 2 aromatic heterocycles. The van der Waals surface area contributed by atoms with Crippen molar-refractivity contribution in [2.75, 3.05) is 25.5 Å². The molecule has 3 N–H and O–H groups in total. The lowest BCUT2D eigenvalue weighted by Gasteiger charge is -2.24. The molecule has 5 rings (SSSR count). The van der Waals surface area contributed by atoms with Crippen LogP contribution in [0.2, 0.25) is 0 Å². The number of anilines is 1. The summed E-state index contributed by atoms with van der Waals surface area (Å²) in [6.07, 6.45) is 5.39. The molecule has 0 fully saturated rings. The van der Waals surface area contributed by atoms with Gasteiger partial charge in [-0.3, -0.25) is 0 Å². The number of aromatic nitrogens is 2. The minimum Gasteiger partial charge on any atom is -0.496 e. The van der Waals surface area contributed by atoms with Crippen LogP contribution in [0.3, 0.4) is 0 Å². The molecule has 0 aliphatic carbocycles. The Morgan fingerprint density at radius 1 is 0.892 bits per heavy atom. The van der Waals surface area contributed by atoms with Crippen LogP contribution >= 0.6 is 0 Å². The molecule has 0 aliphatic heterocycles. The van der Waals surface area contributed by atoms with Gasteiger partial charge >= 0.3 is 0 Å². The van der Waals surface area contributed by atoms with E-state index < -0.39 is 0 Å². The Labute approximate surface area is 219 Å². The third-order valence-electron chi connectivity index (χ3n) is 7.10. The monoisotopic (exact) mass is 492 g/mol. The second kappa shape index (κ2) is 11.9. The quantitative estimate of drug-likeness (QED) is 0.173. The molecule has 5 aromatic rings. The van der Waals surface area contributed by atoms with E-state index in [-0.39, 0.29) is 6.04 Å². The van der Waals surface area contributed by atoms with Gasteiger partial charge in [0.15, 0.2) is 0 Å². The van der Waals surface area contributed by atoms with E-state index in [2.05, 4.69) is 83.3 Å². The molecule has 0 amide bonds. The third-order valence-corrected chi connectivity index (χ3v) is 7.10. The first-order valence-electron chi connectivity index (χ1n) is 13.3. The van der Waals surface area contributed by atoms with Gasteiger partial charge in [0.1, 0.15) is 11.6 Å². The number of nitrogens with zero attached hydrogens (tertiary/aromatic N) is 1. The molecule has 0 radical (unpaired) electrons. The molecule has 37 heavy (non-hydrogen) atoms.